The van der Waals surface area contributed by atoms with E-state index in [2.05, 4.69) is 63.3 Å². The number of hydrogen-bond acceptors (Lipinski definition) is 7. The number of ether oxygens (including phenoxy) is 2. The minimum atomic E-state index is -0.256. The van der Waals surface area contributed by atoms with E-state index in [1.54, 1.807) is 29.8 Å². The molecule has 1 aliphatic rings. The van der Waals surface area contributed by atoms with Gasteiger partial charge in [-0.25, -0.2) is 0 Å². The molecule has 11 heteroatoms. The number of thioether (sulfide) groups is 1. The van der Waals surface area contributed by atoms with Gasteiger partial charge in [0, 0.05) is 21.9 Å². The Morgan fingerprint density at radius 3 is 2.74 bits per heavy atom. The van der Waals surface area contributed by atoms with Crippen LogP contribution in [-0.4, -0.2) is 39.1 Å². The highest BCUT2D eigenvalue weighted by Gasteiger charge is 2.18. The quantitative estimate of drug-likeness (QED) is 0.301. The third kappa shape index (κ3) is 5.63. The fourth-order valence-corrected chi connectivity index (χ4v) is 4.61. The van der Waals surface area contributed by atoms with E-state index in [0.717, 1.165) is 14.8 Å². The summed E-state index contributed by atoms with van der Waals surface area (Å²) in [7, 11) is 1.80. The van der Waals surface area contributed by atoms with E-state index < -0.39 is 0 Å². The van der Waals surface area contributed by atoms with Crippen molar-refractivity contribution in [1.29, 1.82) is 0 Å². The average Bonchev–Trinajstić information content (AvgIpc) is 3.42. The van der Waals surface area contributed by atoms with Gasteiger partial charge in [0.1, 0.15) is 0 Å². The maximum Gasteiger partial charge on any atom is 0.251 e. The van der Waals surface area contributed by atoms with Crippen LogP contribution in [0.4, 0.5) is 5.69 Å². The summed E-state index contributed by atoms with van der Waals surface area (Å²) >= 11 is 3.56. The Kier molecular flexibility index (Phi) is 7.61. The second-order valence-electron chi connectivity index (χ2n) is 7.93. The van der Waals surface area contributed by atoms with Crippen molar-refractivity contribution in [2.24, 2.45) is 7.05 Å². The van der Waals surface area contributed by atoms with Crippen LogP contribution in [0.3, 0.4) is 0 Å². The number of amides is 2. The molecule has 0 saturated heterocycles. The molecule has 34 heavy (non-hydrogen) atoms. The molecular weight excluding hydrogens is 569 g/mol. The van der Waals surface area contributed by atoms with Gasteiger partial charge in [0.15, 0.2) is 22.5 Å². The van der Waals surface area contributed by atoms with Gasteiger partial charge in [-0.05, 0) is 70.5 Å². The Morgan fingerprint density at radius 2 is 1.94 bits per heavy atom. The predicted molar refractivity (Wildman–Crippen MR) is 137 cm³/mol. The summed E-state index contributed by atoms with van der Waals surface area (Å²) < 4.78 is 13.5. The van der Waals surface area contributed by atoms with Crippen molar-refractivity contribution in [2.45, 2.75) is 31.5 Å². The molecule has 2 amide bonds. The number of aromatic nitrogens is 3. The lowest BCUT2D eigenvalue weighted by atomic mass is 10.0. The van der Waals surface area contributed by atoms with Crippen molar-refractivity contribution >= 4 is 51.9 Å². The minimum absolute atomic E-state index is 0.117. The Bertz CT molecular complexity index is 1230. The summed E-state index contributed by atoms with van der Waals surface area (Å²) in [5.74, 6) is 1.87. The van der Waals surface area contributed by atoms with Crippen molar-refractivity contribution < 1.29 is 19.1 Å². The van der Waals surface area contributed by atoms with Crippen LogP contribution < -0.4 is 20.1 Å². The molecule has 0 fully saturated rings. The summed E-state index contributed by atoms with van der Waals surface area (Å²) in [5, 5.41) is 14.7. The van der Waals surface area contributed by atoms with Crippen molar-refractivity contribution in [3.8, 4) is 11.5 Å². The number of hydrogen-bond donors (Lipinski definition) is 2. The van der Waals surface area contributed by atoms with Crippen LogP contribution in [0, 0.1) is 3.57 Å². The predicted octanol–water partition coefficient (Wildman–Crippen LogP) is 3.93. The van der Waals surface area contributed by atoms with Gasteiger partial charge in [-0.2, -0.15) is 0 Å². The van der Waals surface area contributed by atoms with E-state index >= 15 is 0 Å². The molecular formula is C23H24IN5O4S. The molecule has 2 aromatic carbocycles. The first-order valence-corrected chi connectivity index (χ1v) is 12.7. The fraction of sp³-hybridized carbons (Fsp3) is 0.304. The molecule has 0 saturated carbocycles. The highest BCUT2D eigenvalue weighted by Crippen LogP contribution is 2.32. The zero-order chi connectivity index (χ0) is 24.2. The lowest BCUT2D eigenvalue weighted by Gasteiger charge is -2.14. The smallest absolute Gasteiger partial charge is 0.251 e. The lowest BCUT2D eigenvalue weighted by Crippen LogP contribution is -2.24. The van der Waals surface area contributed by atoms with E-state index in [4.69, 9.17) is 9.47 Å². The topological polar surface area (TPSA) is 107 Å². The molecule has 0 radical (unpaired) electrons. The molecule has 4 rings (SSSR count). The number of halogens is 1. The molecule has 0 bridgehead atoms. The summed E-state index contributed by atoms with van der Waals surface area (Å²) in [6, 6.07) is 11.0. The third-order valence-electron chi connectivity index (χ3n) is 5.21. The number of nitrogens with zero attached hydrogens (tertiary/aromatic N) is 3. The van der Waals surface area contributed by atoms with Crippen molar-refractivity contribution in [3.05, 3.63) is 56.9 Å². The Labute approximate surface area is 215 Å². The summed E-state index contributed by atoms with van der Waals surface area (Å²) in [6.45, 7) is 4.55. The number of rotatable bonds is 8. The zero-order valence-electron chi connectivity index (χ0n) is 18.9. The lowest BCUT2D eigenvalue weighted by molar-refractivity contribution is -0.113. The van der Waals surface area contributed by atoms with Gasteiger partial charge in [0.25, 0.3) is 5.91 Å². The van der Waals surface area contributed by atoms with Gasteiger partial charge < -0.3 is 24.7 Å². The van der Waals surface area contributed by atoms with E-state index in [1.807, 2.05) is 12.1 Å². The van der Waals surface area contributed by atoms with E-state index in [1.165, 1.54) is 11.8 Å². The molecule has 2 heterocycles. The first-order valence-electron chi connectivity index (χ1n) is 10.6. The molecule has 3 aromatic rings. The second kappa shape index (κ2) is 10.6. The van der Waals surface area contributed by atoms with E-state index in [-0.39, 0.29) is 30.9 Å². The molecule has 0 spiro atoms. The number of anilines is 1. The molecule has 2 N–H and O–H groups in total. The molecule has 0 atom stereocenters. The second-order valence-corrected chi connectivity index (χ2v) is 10.1. The highest BCUT2D eigenvalue weighted by molar-refractivity contribution is 14.1. The van der Waals surface area contributed by atoms with Crippen molar-refractivity contribution in [1.82, 2.24) is 20.1 Å². The Morgan fingerprint density at radius 1 is 1.15 bits per heavy atom. The van der Waals surface area contributed by atoms with Gasteiger partial charge in [0.2, 0.25) is 12.7 Å². The number of carbonyl (C=O) groups is 2. The van der Waals surface area contributed by atoms with Gasteiger partial charge in [-0.1, -0.05) is 25.6 Å². The summed E-state index contributed by atoms with van der Waals surface area (Å²) in [6.07, 6.45) is 0. The molecule has 0 unspecified atom stereocenters. The molecule has 9 nitrogen and oxygen atoms in total. The van der Waals surface area contributed by atoms with Crippen LogP contribution in [0.5, 0.6) is 11.5 Å². The van der Waals surface area contributed by atoms with Crippen molar-refractivity contribution in [2.75, 3.05) is 17.9 Å². The average molecular weight is 593 g/mol. The maximum atomic E-state index is 12.5. The van der Waals surface area contributed by atoms with Crippen LogP contribution >= 0.6 is 34.4 Å². The molecule has 178 valence electrons. The highest BCUT2D eigenvalue weighted by atomic mass is 127. The minimum Gasteiger partial charge on any atom is -0.454 e. The molecule has 0 aliphatic carbocycles. The standard InChI is InChI=1S/C23H24IN5O4S/c1-13(2)16-9-15(24)5-6-17(16)26-21(30)11-34-23-28-27-20(29(23)3)10-25-22(31)14-4-7-18-19(8-14)33-12-32-18/h4-9,13H,10-12H2,1-3H3,(H,25,31)(H,26,30). The van der Waals surface area contributed by atoms with Gasteiger partial charge in [-0.3, -0.25) is 9.59 Å². The van der Waals surface area contributed by atoms with Crippen molar-refractivity contribution in [3.63, 3.8) is 0 Å². The van der Waals surface area contributed by atoms with Crippen LogP contribution in [0.25, 0.3) is 0 Å². The van der Waals surface area contributed by atoms with E-state index in [9.17, 15) is 9.59 Å². The number of benzene rings is 2. The van der Waals surface area contributed by atoms with E-state index in [0.29, 0.717) is 34.0 Å². The number of nitrogens with one attached hydrogen (secondary N) is 2. The Hall–Kier alpha value is -2.80. The SMILES string of the molecule is CC(C)c1cc(I)ccc1NC(=O)CSc1nnc(CNC(=O)c2ccc3c(c2)OCO3)n1C. The van der Waals surface area contributed by atoms with Gasteiger partial charge in [0.05, 0.1) is 12.3 Å². The normalized spacial score (nSPS) is 12.1. The van der Waals surface area contributed by atoms with Crippen LogP contribution in [0.1, 0.15) is 41.5 Å². The molecule has 1 aliphatic heterocycles. The third-order valence-corrected chi connectivity index (χ3v) is 6.90. The van der Waals surface area contributed by atoms with Gasteiger partial charge >= 0.3 is 0 Å². The monoisotopic (exact) mass is 593 g/mol. The first-order chi connectivity index (χ1) is 16.3. The van der Waals surface area contributed by atoms with Gasteiger partial charge in [-0.15, -0.1) is 10.2 Å². The van der Waals surface area contributed by atoms with Crippen LogP contribution in [0.2, 0.25) is 0 Å². The first kappa shape index (κ1) is 24.3. The summed E-state index contributed by atoms with van der Waals surface area (Å²) in [4.78, 5) is 25.0. The number of carbonyl (C=O) groups excluding carboxylic acids is 2. The van der Waals surface area contributed by atoms with Crippen LogP contribution in [0.15, 0.2) is 41.6 Å². The summed E-state index contributed by atoms with van der Waals surface area (Å²) in [5.41, 5.74) is 2.39. The largest absolute Gasteiger partial charge is 0.454 e. The number of fused-ring (bicyclic) bond motifs is 1. The van der Waals surface area contributed by atoms with Crippen LogP contribution in [-0.2, 0) is 18.4 Å². The molecule has 1 aromatic heterocycles. The fourth-order valence-electron chi connectivity index (χ4n) is 3.37. The maximum absolute atomic E-state index is 12.5. The zero-order valence-corrected chi connectivity index (χ0v) is 21.9. The Balaban J connectivity index is 1.31.